The molecule has 2 aliphatic rings. The minimum Gasteiger partial charge on any atom is -0.488 e. The maximum absolute atomic E-state index is 10.7. The Hall–Kier alpha value is -1.06. The maximum atomic E-state index is 10.7. The van der Waals surface area contributed by atoms with Crippen LogP contribution >= 0.6 is 11.6 Å². The van der Waals surface area contributed by atoms with Gasteiger partial charge >= 0.3 is 0 Å². The van der Waals surface area contributed by atoms with Gasteiger partial charge < -0.3 is 9.53 Å². The Balaban J connectivity index is 1.55. The van der Waals surface area contributed by atoms with E-state index in [0.717, 1.165) is 56.0 Å². The fourth-order valence-electron chi connectivity index (χ4n) is 2.95. The molecule has 0 amide bonds. The molecule has 1 atom stereocenters. The molecule has 3 rings (SSSR count). The first-order chi connectivity index (χ1) is 9.24. The molecule has 0 saturated carbocycles. The third-order valence-electron chi connectivity index (χ3n) is 4.05. The smallest absolute Gasteiger partial charge is 0.123 e. The molecule has 0 radical (unpaired) electrons. The van der Waals surface area contributed by atoms with Crippen molar-refractivity contribution >= 4 is 17.9 Å². The molecule has 0 aliphatic carbocycles. The average molecular weight is 280 g/mol. The van der Waals surface area contributed by atoms with Crippen LogP contribution in [0.25, 0.3) is 0 Å². The fourth-order valence-corrected chi connectivity index (χ4v) is 3.15. The van der Waals surface area contributed by atoms with Crippen molar-refractivity contribution in [2.24, 2.45) is 5.92 Å². The number of aldehydes is 1. The number of carbonyl (C=O) groups is 1. The zero-order valence-corrected chi connectivity index (χ0v) is 11.6. The summed E-state index contributed by atoms with van der Waals surface area (Å²) in [6, 6.07) is 5.82. The van der Waals surface area contributed by atoms with E-state index in [1.54, 1.807) is 0 Å². The lowest BCUT2D eigenvalue weighted by molar-refractivity contribution is -0.112. The summed E-state index contributed by atoms with van der Waals surface area (Å²) in [4.78, 5) is 13.1. The number of likely N-dealkylation sites (tertiary alicyclic amines) is 1. The van der Waals surface area contributed by atoms with Gasteiger partial charge in [0.2, 0.25) is 0 Å². The third-order valence-corrected chi connectivity index (χ3v) is 4.29. The summed E-state index contributed by atoms with van der Waals surface area (Å²) in [5, 5.41) is 0.773. The molecule has 0 spiro atoms. The van der Waals surface area contributed by atoms with Gasteiger partial charge in [0.1, 0.15) is 18.1 Å². The average Bonchev–Trinajstić information content (AvgIpc) is 2.81. The van der Waals surface area contributed by atoms with E-state index in [1.165, 1.54) is 5.56 Å². The van der Waals surface area contributed by atoms with Crippen molar-refractivity contribution in [2.45, 2.75) is 25.4 Å². The zero-order chi connectivity index (χ0) is 13.2. The summed E-state index contributed by atoms with van der Waals surface area (Å²) in [6.45, 7) is 2.94. The quantitative estimate of drug-likeness (QED) is 0.797. The van der Waals surface area contributed by atoms with Crippen molar-refractivity contribution in [1.29, 1.82) is 0 Å². The molecule has 102 valence electrons. The molecule has 0 N–H and O–H groups in total. The summed E-state index contributed by atoms with van der Waals surface area (Å²) in [5.74, 6) is 1.23. The SMILES string of the molecule is O=CC1CCN(CC2Cc3cc(Cl)ccc3O2)CC1. The Labute approximate surface area is 118 Å². The van der Waals surface area contributed by atoms with Crippen LogP contribution in [-0.4, -0.2) is 36.9 Å². The van der Waals surface area contributed by atoms with Gasteiger partial charge in [-0.25, -0.2) is 0 Å². The van der Waals surface area contributed by atoms with E-state index in [2.05, 4.69) is 4.90 Å². The topological polar surface area (TPSA) is 29.5 Å². The minimum absolute atomic E-state index is 0.223. The van der Waals surface area contributed by atoms with E-state index in [1.807, 2.05) is 18.2 Å². The molecule has 0 aromatic heterocycles. The van der Waals surface area contributed by atoms with Crippen LogP contribution in [0.1, 0.15) is 18.4 Å². The largest absolute Gasteiger partial charge is 0.488 e. The second-order valence-electron chi connectivity index (χ2n) is 5.47. The van der Waals surface area contributed by atoms with E-state index in [9.17, 15) is 4.79 Å². The summed E-state index contributed by atoms with van der Waals surface area (Å²) in [7, 11) is 0. The van der Waals surface area contributed by atoms with Crippen molar-refractivity contribution in [1.82, 2.24) is 4.90 Å². The zero-order valence-electron chi connectivity index (χ0n) is 10.8. The van der Waals surface area contributed by atoms with E-state index >= 15 is 0 Å². The van der Waals surface area contributed by atoms with Crippen LogP contribution in [0.4, 0.5) is 0 Å². The van der Waals surface area contributed by atoms with E-state index in [-0.39, 0.29) is 12.0 Å². The highest BCUT2D eigenvalue weighted by Crippen LogP contribution is 2.31. The van der Waals surface area contributed by atoms with Gasteiger partial charge in [-0.1, -0.05) is 11.6 Å². The van der Waals surface area contributed by atoms with Crippen LogP contribution in [0.2, 0.25) is 5.02 Å². The van der Waals surface area contributed by atoms with Crippen molar-refractivity contribution in [2.75, 3.05) is 19.6 Å². The minimum atomic E-state index is 0.223. The summed E-state index contributed by atoms with van der Waals surface area (Å²) in [5.41, 5.74) is 1.21. The summed E-state index contributed by atoms with van der Waals surface area (Å²) in [6.07, 6.45) is 4.22. The van der Waals surface area contributed by atoms with Gasteiger partial charge in [0.05, 0.1) is 0 Å². The summed E-state index contributed by atoms with van der Waals surface area (Å²) < 4.78 is 5.95. The highest BCUT2D eigenvalue weighted by atomic mass is 35.5. The molecule has 2 heterocycles. The molecule has 1 unspecified atom stereocenters. The molecule has 1 aromatic rings. The van der Waals surface area contributed by atoms with Gasteiger partial charge in [-0.15, -0.1) is 0 Å². The van der Waals surface area contributed by atoms with Crippen molar-refractivity contribution in [3.63, 3.8) is 0 Å². The Morgan fingerprint density at radius 1 is 1.37 bits per heavy atom. The molecule has 19 heavy (non-hydrogen) atoms. The van der Waals surface area contributed by atoms with Gasteiger partial charge in [-0.3, -0.25) is 4.90 Å². The second kappa shape index (κ2) is 5.51. The lowest BCUT2D eigenvalue weighted by Gasteiger charge is -2.31. The maximum Gasteiger partial charge on any atom is 0.123 e. The normalized spacial score (nSPS) is 23.9. The van der Waals surface area contributed by atoms with Crippen LogP contribution in [0.5, 0.6) is 5.75 Å². The number of hydrogen-bond donors (Lipinski definition) is 0. The van der Waals surface area contributed by atoms with Crippen molar-refractivity contribution < 1.29 is 9.53 Å². The summed E-state index contributed by atoms with van der Waals surface area (Å²) >= 11 is 6.00. The molecule has 4 heteroatoms. The van der Waals surface area contributed by atoms with Crippen LogP contribution in [0.15, 0.2) is 18.2 Å². The molecule has 2 aliphatic heterocycles. The molecule has 1 fully saturated rings. The van der Waals surface area contributed by atoms with E-state index in [0.29, 0.717) is 0 Å². The van der Waals surface area contributed by atoms with Crippen molar-refractivity contribution in [3.8, 4) is 5.75 Å². The van der Waals surface area contributed by atoms with E-state index in [4.69, 9.17) is 16.3 Å². The van der Waals surface area contributed by atoms with E-state index < -0.39 is 0 Å². The second-order valence-corrected chi connectivity index (χ2v) is 5.91. The highest BCUT2D eigenvalue weighted by molar-refractivity contribution is 6.30. The number of ether oxygens (including phenoxy) is 1. The lowest BCUT2D eigenvalue weighted by Crippen LogP contribution is -2.40. The number of benzene rings is 1. The fraction of sp³-hybridized carbons (Fsp3) is 0.533. The van der Waals surface area contributed by atoms with Crippen LogP contribution in [0.3, 0.4) is 0 Å². The lowest BCUT2D eigenvalue weighted by atomic mass is 9.98. The Bertz CT molecular complexity index is 469. The monoisotopic (exact) mass is 279 g/mol. The Morgan fingerprint density at radius 2 is 2.16 bits per heavy atom. The predicted octanol–water partition coefficient (Wildman–Crippen LogP) is 2.55. The molecule has 1 aromatic carbocycles. The first-order valence-corrected chi connectivity index (χ1v) is 7.25. The van der Waals surface area contributed by atoms with Crippen molar-refractivity contribution in [3.05, 3.63) is 28.8 Å². The Kier molecular flexibility index (Phi) is 3.76. The van der Waals surface area contributed by atoms with Gasteiger partial charge in [0.25, 0.3) is 0 Å². The number of hydrogen-bond acceptors (Lipinski definition) is 3. The number of carbonyl (C=O) groups excluding carboxylic acids is 1. The van der Waals surface area contributed by atoms with Gasteiger partial charge in [-0.05, 0) is 49.7 Å². The number of rotatable bonds is 3. The Morgan fingerprint density at radius 3 is 2.89 bits per heavy atom. The van der Waals surface area contributed by atoms with Gasteiger partial charge in [-0.2, -0.15) is 0 Å². The standard InChI is InChI=1S/C15H18ClNO2/c16-13-1-2-15-12(7-13)8-14(19-15)9-17-5-3-11(10-18)4-6-17/h1-2,7,10-11,14H,3-6,8-9H2. The molecule has 1 saturated heterocycles. The van der Waals surface area contributed by atoms with Crippen LogP contribution < -0.4 is 4.74 Å². The van der Waals surface area contributed by atoms with Gasteiger partial charge in [0, 0.05) is 23.9 Å². The molecular formula is C15H18ClNO2. The van der Waals surface area contributed by atoms with Crippen LogP contribution in [0, 0.1) is 5.92 Å². The van der Waals surface area contributed by atoms with Crippen LogP contribution in [-0.2, 0) is 11.2 Å². The molecular weight excluding hydrogens is 262 g/mol. The third kappa shape index (κ3) is 2.93. The number of nitrogens with zero attached hydrogens (tertiary/aromatic N) is 1. The number of fused-ring (bicyclic) bond motifs is 1. The first-order valence-electron chi connectivity index (χ1n) is 6.87. The first kappa shape index (κ1) is 12.9. The molecule has 3 nitrogen and oxygen atoms in total. The predicted molar refractivity (Wildman–Crippen MR) is 74.8 cm³/mol. The number of piperidine rings is 1. The molecule has 0 bridgehead atoms. The number of halogens is 1. The van der Waals surface area contributed by atoms with Gasteiger partial charge in [0.15, 0.2) is 0 Å². The highest BCUT2D eigenvalue weighted by Gasteiger charge is 2.27.